The Labute approximate surface area is 121 Å². The first kappa shape index (κ1) is 13.1. The summed E-state index contributed by atoms with van der Waals surface area (Å²) in [7, 11) is 0. The largest absolute Gasteiger partial charge is 0.480 e. The summed E-state index contributed by atoms with van der Waals surface area (Å²) in [6, 6.07) is 19.0. The second kappa shape index (κ2) is 5.58. The Balaban J connectivity index is 2.10. The molecular formula is C16H13N3O2. The van der Waals surface area contributed by atoms with E-state index in [2.05, 4.69) is 10.1 Å². The maximum absolute atomic E-state index is 11.0. The number of hydrogen-bond donors (Lipinski definition) is 1. The molecule has 0 saturated heterocycles. The van der Waals surface area contributed by atoms with Crippen LogP contribution in [0.15, 0.2) is 60.7 Å². The van der Waals surface area contributed by atoms with Gasteiger partial charge in [0, 0.05) is 11.1 Å². The van der Waals surface area contributed by atoms with Gasteiger partial charge in [0.25, 0.3) is 0 Å². The van der Waals surface area contributed by atoms with Crippen molar-refractivity contribution in [3.05, 3.63) is 60.7 Å². The average Bonchev–Trinajstić information content (AvgIpc) is 2.92. The molecule has 1 aromatic heterocycles. The maximum Gasteiger partial charge on any atom is 0.325 e. The number of hydrogen-bond acceptors (Lipinski definition) is 3. The van der Waals surface area contributed by atoms with E-state index in [9.17, 15) is 4.79 Å². The first-order valence-electron chi connectivity index (χ1n) is 6.51. The topological polar surface area (TPSA) is 68.0 Å². The summed E-state index contributed by atoms with van der Waals surface area (Å²) in [6.45, 7) is -0.218. The lowest BCUT2D eigenvalue weighted by Crippen LogP contribution is -2.11. The lowest BCUT2D eigenvalue weighted by atomic mass is 10.2. The Morgan fingerprint density at radius 1 is 0.952 bits per heavy atom. The van der Waals surface area contributed by atoms with Gasteiger partial charge < -0.3 is 5.11 Å². The highest BCUT2D eigenvalue weighted by Gasteiger charge is 2.14. The zero-order valence-electron chi connectivity index (χ0n) is 11.2. The molecule has 0 aliphatic rings. The van der Waals surface area contributed by atoms with E-state index in [1.807, 2.05) is 60.7 Å². The maximum atomic E-state index is 11.0. The van der Waals surface area contributed by atoms with Crippen LogP contribution in [0.1, 0.15) is 0 Å². The van der Waals surface area contributed by atoms with Crippen molar-refractivity contribution in [2.75, 3.05) is 0 Å². The number of rotatable bonds is 4. The monoisotopic (exact) mass is 279 g/mol. The first-order chi connectivity index (χ1) is 10.2. The number of carbonyl (C=O) groups is 1. The molecular weight excluding hydrogens is 266 g/mol. The van der Waals surface area contributed by atoms with Crippen LogP contribution in [0.4, 0.5) is 0 Å². The summed E-state index contributed by atoms with van der Waals surface area (Å²) in [5.74, 6) is 0.129. The van der Waals surface area contributed by atoms with E-state index in [0.717, 1.165) is 11.1 Å². The van der Waals surface area contributed by atoms with Crippen molar-refractivity contribution < 1.29 is 9.90 Å². The minimum Gasteiger partial charge on any atom is -0.480 e. The SMILES string of the molecule is O=C(O)Cn1nc(-c2ccccc2)nc1-c1ccccc1. The van der Waals surface area contributed by atoms with Crippen molar-refractivity contribution in [2.45, 2.75) is 6.54 Å². The van der Waals surface area contributed by atoms with Gasteiger partial charge in [-0.3, -0.25) is 4.79 Å². The van der Waals surface area contributed by atoms with Gasteiger partial charge in [-0.1, -0.05) is 60.7 Å². The average molecular weight is 279 g/mol. The third kappa shape index (κ3) is 2.81. The zero-order valence-corrected chi connectivity index (χ0v) is 11.2. The predicted molar refractivity (Wildman–Crippen MR) is 78.5 cm³/mol. The van der Waals surface area contributed by atoms with Gasteiger partial charge in [0.1, 0.15) is 6.54 Å². The van der Waals surface area contributed by atoms with Crippen LogP contribution >= 0.6 is 0 Å². The molecule has 2 aromatic carbocycles. The summed E-state index contributed by atoms with van der Waals surface area (Å²) >= 11 is 0. The molecule has 21 heavy (non-hydrogen) atoms. The van der Waals surface area contributed by atoms with Gasteiger partial charge in [-0.2, -0.15) is 0 Å². The molecule has 5 heteroatoms. The van der Waals surface area contributed by atoms with Gasteiger partial charge in [0.15, 0.2) is 11.6 Å². The zero-order chi connectivity index (χ0) is 14.7. The number of nitrogens with zero attached hydrogens (tertiary/aromatic N) is 3. The molecule has 0 saturated carbocycles. The van der Waals surface area contributed by atoms with E-state index >= 15 is 0 Å². The standard InChI is InChI=1S/C16H13N3O2/c20-14(21)11-19-16(13-9-5-2-6-10-13)17-15(18-19)12-7-3-1-4-8-12/h1-10H,11H2,(H,20,21). The van der Waals surface area contributed by atoms with Crippen LogP contribution in [0.5, 0.6) is 0 Å². The quantitative estimate of drug-likeness (QED) is 0.797. The van der Waals surface area contributed by atoms with Gasteiger partial charge in [-0.15, -0.1) is 5.10 Å². The van der Waals surface area contributed by atoms with Crippen LogP contribution in [-0.2, 0) is 11.3 Å². The van der Waals surface area contributed by atoms with Crippen LogP contribution in [0.3, 0.4) is 0 Å². The van der Waals surface area contributed by atoms with Gasteiger partial charge in [-0.25, -0.2) is 9.67 Å². The van der Waals surface area contributed by atoms with Crippen molar-refractivity contribution in [2.24, 2.45) is 0 Å². The summed E-state index contributed by atoms with van der Waals surface area (Å²) in [5, 5.41) is 13.4. The second-order valence-electron chi connectivity index (χ2n) is 4.54. The van der Waals surface area contributed by atoms with Gasteiger partial charge in [-0.05, 0) is 0 Å². The minimum absolute atomic E-state index is 0.218. The molecule has 0 bridgehead atoms. The molecule has 3 rings (SSSR count). The lowest BCUT2D eigenvalue weighted by Gasteiger charge is -2.02. The van der Waals surface area contributed by atoms with E-state index < -0.39 is 5.97 Å². The number of aromatic nitrogens is 3. The number of benzene rings is 2. The third-order valence-corrected chi connectivity index (χ3v) is 3.02. The van der Waals surface area contributed by atoms with Gasteiger partial charge >= 0.3 is 5.97 Å². The highest BCUT2D eigenvalue weighted by molar-refractivity contribution is 5.69. The van der Waals surface area contributed by atoms with E-state index in [1.54, 1.807) is 0 Å². The molecule has 0 aliphatic heterocycles. The predicted octanol–water partition coefficient (Wildman–Crippen LogP) is 2.70. The summed E-state index contributed by atoms with van der Waals surface area (Å²) in [4.78, 5) is 15.5. The number of aliphatic carboxylic acids is 1. The van der Waals surface area contributed by atoms with Crippen LogP contribution < -0.4 is 0 Å². The van der Waals surface area contributed by atoms with Crippen LogP contribution in [0.2, 0.25) is 0 Å². The minimum atomic E-state index is -0.948. The Morgan fingerprint density at radius 2 is 1.52 bits per heavy atom. The van der Waals surface area contributed by atoms with Crippen molar-refractivity contribution >= 4 is 5.97 Å². The lowest BCUT2D eigenvalue weighted by molar-refractivity contribution is -0.137. The van der Waals surface area contributed by atoms with E-state index in [1.165, 1.54) is 4.68 Å². The van der Waals surface area contributed by atoms with E-state index in [4.69, 9.17) is 5.11 Å². The first-order valence-corrected chi connectivity index (χ1v) is 6.51. The van der Waals surface area contributed by atoms with Crippen LogP contribution in [-0.4, -0.2) is 25.8 Å². The Morgan fingerprint density at radius 3 is 2.10 bits per heavy atom. The van der Waals surface area contributed by atoms with E-state index in [-0.39, 0.29) is 6.54 Å². The van der Waals surface area contributed by atoms with Crippen molar-refractivity contribution in [1.82, 2.24) is 14.8 Å². The molecule has 0 radical (unpaired) electrons. The molecule has 0 aliphatic carbocycles. The molecule has 0 fully saturated rings. The molecule has 104 valence electrons. The highest BCUT2D eigenvalue weighted by atomic mass is 16.4. The Kier molecular flexibility index (Phi) is 3.47. The third-order valence-electron chi connectivity index (χ3n) is 3.02. The van der Waals surface area contributed by atoms with Gasteiger partial charge in [0.2, 0.25) is 0 Å². The summed E-state index contributed by atoms with van der Waals surface area (Å²) in [5.41, 5.74) is 1.70. The molecule has 5 nitrogen and oxygen atoms in total. The second-order valence-corrected chi connectivity index (χ2v) is 4.54. The fraction of sp³-hybridized carbons (Fsp3) is 0.0625. The summed E-state index contributed by atoms with van der Waals surface area (Å²) < 4.78 is 1.42. The molecule has 0 amide bonds. The molecule has 3 aromatic rings. The van der Waals surface area contributed by atoms with Gasteiger partial charge in [0.05, 0.1) is 0 Å². The van der Waals surface area contributed by atoms with Crippen LogP contribution in [0.25, 0.3) is 22.8 Å². The molecule has 1 heterocycles. The Bertz CT molecular complexity index is 752. The number of carboxylic acids is 1. The van der Waals surface area contributed by atoms with E-state index in [0.29, 0.717) is 11.6 Å². The molecule has 0 atom stereocenters. The molecule has 1 N–H and O–H groups in total. The molecule has 0 unspecified atom stereocenters. The fourth-order valence-electron chi connectivity index (χ4n) is 2.09. The summed E-state index contributed by atoms with van der Waals surface area (Å²) in [6.07, 6.45) is 0. The van der Waals surface area contributed by atoms with Crippen molar-refractivity contribution in [3.63, 3.8) is 0 Å². The highest BCUT2D eigenvalue weighted by Crippen LogP contribution is 2.22. The number of carboxylic acid groups (broad SMARTS) is 1. The fourth-order valence-corrected chi connectivity index (χ4v) is 2.09. The van der Waals surface area contributed by atoms with Crippen LogP contribution in [0, 0.1) is 0 Å². The Hall–Kier alpha value is -2.95. The van der Waals surface area contributed by atoms with Crippen molar-refractivity contribution in [1.29, 1.82) is 0 Å². The molecule has 0 spiro atoms. The normalized spacial score (nSPS) is 10.5. The smallest absolute Gasteiger partial charge is 0.325 e. The van der Waals surface area contributed by atoms with Crippen molar-refractivity contribution in [3.8, 4) is 22.8 Å².